The summed E-state index contributed by atoms with van der Waals surface area (Å²) in [6.45, 7) is 11.3. The van der Waals surface area contributed by atoms with Gasteiger partial charge in [-0.1, -0.05) is 92.7 Å². The summed E-state index contributed by atoms with van der Waals surface area (Å²) in [6.07, 6.45) is 4.44. The van der Waals surface area contributed by atoms with Crippen LogP contribution in [0.2, 0.25) is 0 Å². The quantitative estimate of drug-likeness (QED) is 0.232. The van der Waals surface area contributed by atoms with Gasteiger partial charge in [-0.15, -0.1) is 0 Å². The number of rotatable bonds is 7. The maximum absolute atomic E-state index is 6.20. The first-order valence-electron chi connectivity index (χ1n) is 13.2. The van der Waals surface area contributed by atoms with Crippen molar-refractivity contribution in [1.29, 1.82) is 0 Å². The molecule has 1 aliphatic rings. The summed E-state index contributed by atoms with van der Waals surface area (Å²) >= 11 is 1.78. The van der Waals surface area contributed by atoms with E-state index in [0.717, 1.165) is 24.3 Å². The molecule has 0 aromatic heterocycles. The van der Waals surface area contributed by atoms with Gasteiger partial charge in [-0.25, -0.2) is 0 Å². The van der Waals surface area contributed by atoms with Gasteiger partial charge in [0, 0.05) is 15.2 Å². The highest BCUT2D eigenvalue weighted by molar-refractivity contribution is 7.99. The van der Waals surface area contributed by atoms with Gasteiger partial charge in [-0.3, -0.25) is 0 Å². The van der Waals surface area contributed by atoms with E-state index in [4.69, 9.17) is 4.74 Å². The third-order valence-electron chi connectivity index (χ3n) is 8.17. The average Bonchev–Trinajstić information content (AvgIpc) is 3.23. The number of benzene rings is 4. The second-order valence-corrected chi connectivity index (χ2v) is 11.9. The van der Waals surface area contributed by atoms with Crippen LogP contribution in [-0.2, 0) is 17.3 Å². The van der Waals surface area contributed by atoms with Crippen LogP contribution >= 0.6 is 11.8 Å². The standard InChI is InChI=1S/C35H36OS/c1-6-26-24-25-10-8-9-11-33(25)35(26,5)28-12-16-29(17-13-28)36-30-18-22-32(23-19-30)37-31-20-14-27(15-21-31)34(3,4)7-2/h6,8-23H,7,24H2,1-5H3/b26-6+. The topological polar surface area (TPSA) is 9.23 Å². The third-order valence-corrected chi connectivity index (χ3v) is 9.19. The Bertz CT molecular complexity index is 1400. The van der Waals surface area contributed by atoms with Crippen molar-refractivity contribution in [2.75, 3.05) is 0 Å². The summed E-state index contributed by atoms with van der Waals surface area (Å²) in [4.78, 5) is 2.46. The fourth-order valence-electron chi connectivity index (χ4n) is 5.33. The summed E-state index contributed by atoms with van der Waals surface area (Å²) < 4.78 is 6.20. The van der Waals surface area contributed by atoms with Crippen LogP contribution in [0.1, 0.15) is 63.3 Å². The van der Waals surface area contributed by atoms with Gasteiger partial charge in [0.05, 0.1) is 0 Å². The van der Waals surface area contributed by atoms with Crippen LogP contribution in [0.3, 0.4) is 0 Å². The molecular weight excluding hydrogens is 468 g/mol. The highest BCUT2D eigenvalue weighted by atomic mass is 32.2. The molecule has 0 spiro atoms. The molecule has 1 nitrogen and oxygen atoms in total. The SMILES string of the molecule is C/C=C1\Cc2ccccc2C1(C)c1ccc(Oc2ccc(Sc3ccc(C(C)(C)CC)cc3)cc2)cc1. The van der Waals surface area contributed by atoms with Crippen molar-refractivity contribution < 1.29 is 4.74 Å². The molecule has 0 heterocycles. The van der Waals surface area contributed by atoms with E-state index < -0.39 is 0 Å². The van der Waals surface area contributed by atoms with Gasteiger partial charge >= 0.3 is 0 Å². The summed E-state index contributed by atoms with van der Waals surface area (Å²) in [7, 11) is 0. The molecule has 5 rings (SSSR count). The van der Waals surface area contributed by atoms with Gasteiger partial charge in [0.2, 0.25) is 0 Å². The van der Waals surface area contributed by atoms with E-state index in [1.807, 2.05) is 0 Å². The van der Waals surface area contributed by atoms with Crippen molar-refractivity contribution in [3.8, 4) is 11.5 Å². The van der Waals surface area contributed by atoms with Gasteiger partial charge < -0.3 is 4.74 Å². The van der Waals surface area contributed by atoms with Crippen molar-refractivity contribution >= 4 is 11.8 Å². The van der Waals surface area contributed by atoms with Gasteiger partial charge in [0.15, 0.2) is 0 Å². The second kappa shape index (κ2) is 10.3. The highest BCUT2D eigenvalue weighted by Crippen LogP contribution is 2.47. The highest BCUT2D eigenvalue weighted by Gasteiger charge is 2.39. The first-order valence-corrected chi connectivity index (χ1v) is 14.1. The van der Waals surface area contributed by atoms with E-state index in [0.29, 0.717) is 0 Å². The second-order valence-electron chi connectivity index (χ2n) is 10.7. The Morgan fingerprint density at radius 2 is 1.38 bits per heavy atom. The lowest BCUT2D eigenvalue weighted by atomic mass is 9.74. The maximum atomic E-state index is 6.20. The fraction of sp³-hybridized carbons (Fsp3) is 0.257. The molecule has 0 radical (unpaired) electrons. The summed E-state index contributed by atoms with van der Waals surface area (Å²) in [6, 6.07) is 34.8. The lowest BCUT2D eigenvalue weighted by Gasteiger charge is -2.29. The van der Waals surface area contributed by atoms with Crippen LogP contribution in [0.4, 0.5) is 0 Å². The van der Waals surface area contributed by atoms with E-state index >= 15 is 0 Å². The van der Waals surface area contributed by atoms with Gasteiger partial charge in [0.25, 0.3) is 0 Å². The Morgan fingerprint density at radius 3 is 1.97 bits per heavy atom. The molecule has 0 fully saturated rings. The Hall–Kier alpha value is -3.23. The fourth-order valence-corrected chi connectivity index (χ4v) is 6.15. The normalized spacial score (nSPS) is 18.1. The molecule has 4 aromatic rings. The number of hydrogen-bond acceptors (Lipinski definition) is 2. The Labute approximate surface area is 226 Å². The van der Waals surface area contributed by atoms with E-state index in [9.17, 15) is 0 Å². The zero-order valence-electron chi connectivity index (χ0n) is 22.5. The van der Waals surface area contributed by atoms with Crippen LogP contribution in [-0.4, -0.2) is 0 Å². The third kappa shape index (κ3) is 5.00. The van der Waals surface area contributed by atoms with Crippen molar-refractivity contribution in [1.82, 2.24) is 0 Å². The molecule has 0 aliphatic heterocycles. The zero-order valence-corrected chi connectivity index (χ0v) is 23.4. The summed E-state index contributed by atoms with van der Waals surface area (Å²) in [5.74, 6) is 1.71. The average molecular weight is 505 g/mol. The molecule has 0 N–H and O–H groups in total. The minimum Gasteiger partial charge on any atom is -0.457 e. The minimum absolute atomic E-state index is 0.0900. The Balaban J connectivity index is 1.27. The van der Waals surface area contributed by atoms with Crippen molar-refractivity contribution in [2.45, 2.75) is 68.1 Å². The first kappa shape index (κ1) is 25.4. The molecule has 188 valence electrons. The van der Waals surface area contributed by atoms with Crippen LogP contribution in [0.25, 0.3) is 0 Å². The van der Waals surface area contributed by atoms with Crippen molar-refractivity contribution in [3.63, 3.8) is 0 Å². The number of allylic oxidation sites excluding steroid dienone is 2. The molecule has 1 unspecified atom stereocenters. The summed E-state index contributed by atoms with van der Waals surface area (Å²) in [5, 5.41) is 0. The van der Waals surface area contributed by atoms with Crippen LogP contribution in [0, 0.1) is 0 Å². The molecule has 1 atom stereocenters. The van der Waals surface area contributed by atoms with Crippen LogP contribution in [0.15, 0.2) is 119 Å². The lowest BCUT2D eigenvalue weighted by molar-refractivity contribution is 0.481. The number of fused-ring (bicyclic) bond motifs is 1. The Morgan fingerprint density at radius 1 is 0.811 bits per heavy atom. The molecular formula is C35H36OS. The van der Waals surface area contributed by atoms with Crippen molar-refractivity contribution in [2.24, 2.45) is 0 Å². The number of ether oxygens (including phenoxy) is 1. The molecule has 1 aliphatic carbocycles. The number of hydrogen-bond donors (Lipinski definition) is 0. The first-order chi connectivity index (χ1) is 17.8. The zero-order chi connectivity index (χ0) is 26.0. The molecule has 37 heavy (non-hydrogen) atoms. The largest absolute Gasteiger partial charge is 0.457 e. The molecule has 0 bridgehead atoms. The predicted octanol–water partition coefficient (Wildman–Crippen LogP) is 10.1. The molecule has 4 aromatic carbocycles. The lowest BCUT2D eigenvalue weighted by Crippen LogP contribution is -2.22. The van der Waals surface area contributed by atoms with E-state index in [1.165, 1.54) is 37.6 Å². The van der Waals surface area contributed by atoms with Crippen LogP contribution in [0.5, 0.6) is 11.5 Å². The molecule has 0 saturated carbocycles. The van der Waals surface area contributed by atoms with E-state index in [-0.39, 0.29) is 10.8 Å². The molecule has 0 amide bonds. The Kier molecular flexibility index (Phi) is 7.05. The van der Waals surface area contributed by atoms with Crippen LogP contribution < -0.4 is 4.74 Å². The molecule has 0 saturated heterocycles. The minimum atomic E-state index is -0.0900. The maximum Gasteiger partial charge on any atom is 0.127 e. The predicted molar refractivity (Wildman–Crippen MR) is 157 cm³/mol. The smallest absolute Gasteiger partial charge is 0.127 e. The monoisotopic (exact) mass is 504 g/mol. The van der Waals surface area contributed by atoms with E-state index in [1.54, 1.807) is 11.8 Å². The van der Waals surface area contributed by atoms with Crippen molar-refractivity contribution in [3.05, 3.63) is 131 Å². The van der Waals surface area contributed by atoms with Gasteiger partial charge in [-0.05, 0) is 103 Å². The molecule has 2 heteroatoms. The van der Waals surface area contributed by atoms with Gasteiger partial charge in [0.1, 0.15) is 11.5 Å². The van der Waals surface area contributed by atoms with E-state index in [2.05, 4.69) is 138 Å². The van der Waals surface area contributed by atoms with Gasteiger partial charge in [-0.2, -0.15) is 0 Å². The summed E-state index contributed by atoms with van der Waals surface area (Å²) in [5.41, 5.74) is 7.12.